The number of nitrogens with zero attached hydrogens (tertiary/aromatic N) is 4. The fourth-order valence-corrected chi connectivity index (χ4v) is 3.77. The number of amides is 1. The Labute approximate surface area is 190 Å². The van der Waals surface area contributed by atoms with Gasteiger partial charge in [0, 0.05) is 12.1 Å². The fraction of sp³-hybridized carbons (Fsp3) is 0.409. The molecule has 31 heavy (non-hydrogen) atoms. The molecule has 0 aliphatic carbocycles. The lowest BCUT2D eigenvalue weighted by Gasteiger charge is -2.11. The molecule has 0 bridgehead atoms. The van der Waals surface area contributed by atoms with Crippen molar-refractivity contribution in [1.29, 1.82) is 0 Å². The zero-order valence-electron chi connectivity index (χ0n) is 18.7. The summed E-state index contributed by atoms with van der Waals surface area (Å²) in [6.07, 6.45) is 0.328. The summed E-state index contributed by atoms with van der Waals surface area (Å²) >= 11 is 3.52. The molecule has 1 aromatic carbocycles. The quantitative estimate of drug-likeness (QED) is 0.513. The smallest absolute Gasteiger partial charge is 0.226 e. The van der Waals surface area contributed by atoms with Crippen LogP contribution >= 0.6 is 15.9 Å². The van der Waals surface area contributed by atoms with E-state index in [9.17, 15) is 4.79 Å². The molecule has 0 saturated heterocycles. The number of ether oxygens (including phenoxy) is 2. The van der Waals surface area contributed by atoms with E-state index in [1.165, 1.54) is 0 Å². The largest absolute Gasteiger partial charge is 0.493 e. The van der Waals surface area contributed by atoms with Crippen LogP contribution < -0.4 is 14.8 Å². The molecule has 9 heteroatoms. The Balaban J connectivity index is 1.69. The second-order valence-corrected chi connectivity index (χ2v) is 8.19. The number of hydrogen-bond donors (Lipinski definition) is 1. The standard InChI is InChI=1S/C22H28BrN5O3/c1-13-21(23)15(3)27(25-13)10-9-20(29)24-22-14(2)26-28(16(22)4)12-17-7-8-18(30-5)19(11-17)31-6/h7-8,11H,9-10,12H2,1-6H3,(H,24,29). The number of rotatable bonds is 8. The van der Waals surface area contributed by atoms with Crippen LogP contribution in [0.3, 0.4) is 0 Å². The van der Waals surface area contributed by atoms with Gasteiger partial charge in [-0.1, -0.05) is 6.07 Å². The lowest BCUT2D eigenvalue weighted by molar-refractivity contribution is -0.116. The number of hydrogen-bond acceptors (Lipinski definition) is 5. The third kappa shape index (κ3) is 4.92. The van der Waals surface area contributed by atoms with E-state index < -0.39 is 0 Å². The zero-order chi connectivity index (χ0) is 22.7. The van der Waals surface area contributed by atoms with Crippen LogP contribution in [0, 0.1) is 27.7 Å². The molecule has 0 saturated carbocycles. The van der Waals surface area contributed by atoms with E-state index >= 15 is 0 Å². The van der Waals surface area contributed by atoms with Gasteiger partial charge in [-0.05, 0) is 61.3 Å². The van der Waals surface area contributed by atoms with Crippen molar-refractivity contribution in [1.82, 2.24) is 19.6 Å². The Bertz CT molecular complexity index is 1100. The molecule has 0 atom stereocenters. The number of methoxy groups -OCH3 is 2. The second kappa shape index (κ2) is 9.55. The van der Waals surface area contributed by atoms with Crippen LogP contribution in [0.2, 0.25) is 0 Å². The molecule has 166 valence electrons. The van der Waals surface area contributed by atoms with Gasteiger partial charge in [-0.25, -0.2) is 0 Å². The Morgan fingerprint density at radius 3 is 2.29 bits per heavy atom. The molecule has 2 heterocycles. The van der Waals surface area contributed by atoms with E-state index in [1.807, 2.05) is 55.3 Å². The van der Waals surface area contributed by atoms with Gasteiger partial charge >= 0.3 is 0 Å². The van der Waals surface area contributed by atoms with E-state index in [1.54, 1.807) is 14.2 Å². The van der Waals surface area contributed by atoms with Crippen LogP contribution in [0.15, 0.2) is 22.7 Å². The third-order valence-corrected chi connectivity index (χ3v) is 6.42. The van der Waals surface area contributed by atoms with Crippen molar-refractivity contribution in [2.45, 2.75) is 47.2 Å². The van der Waals surface area contributed by atoms with Crippen LogP contribution in [-0.4, -0.2) is 39.7 Å². The number of aromatic nitrogens is 4. The van der Waals surface area contributed by atoms with Crippen molar-refractivity contribution in [3.8, 4) is 11.5 Å². The van der Waals surface area contributed by atoms with Crippen molar-refractivity contribution < 1.29 is 14.3 Å². The van der Waals surface area contributed by atoms with Crippen LogP contribution in [0.4, 0.5) is 5.69 Å². The summed E-state index contributed by atoms with van der Waals surface area (Å²) in [5, 5.41) is 12.1. The highest BCUT2D eigenvalue weighted by atomic mass is 79.9. The van der Waals surface area contributed by atoms with Gasteiger partial charge in [0.2, 0.25) is 5.91 Å². The van der Waals surface area contributed by atoms with Crippen molar-refractivity contribution >= 4 is 27.5 Å². The molecule has 0 unspecified atom stereocenters. The number of anilines is 1. The van der Waals surface area contributed by atoms with E-state index in [2.05, 4.69) is 31.4 Å². The monoisotopic (exact) mass is 489 g/mol. The number of benzene rings is 1. The van der Waals surface area contributed by atoms with Crippen molar-refractivity contribution in [3.05, 3.63) is 51.0 Å². The minimum atomic E-state index is -0.0689. The van der Waals surface area contributed by atoms with E-state index in [-0.39, 0.29) is 5.91 Å². The molecule has 1 amide bonds. The van der Waals surface area contributed by atoms with Gasteiger partial charge in [0.05, 0.1) is 54.6 Å². The number of carbonyl (C=O) groups is 1. The van der Waals surface area contributed by atoms with Gasteiger partial charge < -0.3 is 14.8 Å². The molecule has 0 aliphatic heterocycles. The summed E-state index contributed by atoms with van der Waals surface area (Å²) < 4.78 is 15.4. The maximum atomic E-state index is 12.6. The van der Waals surface area contributed by atoms with E-state index in [0.29, 0.717) is 31.0 Å². The summed E-state index contributed by atoms with van der Waals surface area (Å²) in [4.78, 5) is 12.6. The molecular formula is C22H28BrN5O3. The van der Waals surface area contributed by atoms with E-state index in [4.69, 9.17) is 9.47 Å². The molecule has 2 aromatic heterocycles. The highest BCUT2D eigenvalue weighted by Gasteiger charge is 2.16. The normalized spacial score (nSPS) is 10.9. The number of nitrogens with one attached hydrogen (secondary N) is 1. The van der Waals surface area contributed by atoms with Crippen molar-refractivity contribution in [3.63, 3.8) is 0 Å². The van der Waals surface area contributed by atoms with Gasteiger partial charge in [-0.2, -0.15) is 10.2 Å². The Morgan fingerprint density at radius 2 is 1.68 bits per heavy atom. The average molecular weight is 490 g/mol. The predicted octanol–water partition coefficient (Wildman–Crippen LogP) is 4.17. The first-order valence-electron chi connectivity index (χ1n) is 9.99. The average Bonchev–Trinajstić information content (AvgIpc) is 3.16. The Morgan fingerprint density at radius 1 is 1.00 bits per heavy atom. The van der Waals surface area contributed by atoms with Crippen molar-refractivity contribution in [2.24, 2.45) is 0 Å². The summed E-state index contributed by atoms with van der Waals surface area (Å²) in [6, 6.07) is 5.78. The molecule has 3 rings (SSSR count). The molecule has 0 fully saturated rings. The van der Waals surface area contributed by atoms with Crippen LogP contribution in [0.25, 0.3) is 0 Å². The number of halogens is 1. The molecular weight excluding hydrogens is 462 g/mol. The van der Waals surface area contributed by atoms with Crippen LogP contribution in [0.5, 0.6) is 11.5 Å². The van der Waals surface area contributed by atoms with E-state index in [0.717, 1.165) is 38.5 Å². The maximum Gasteiger partial charge on any atom is 0.226 e. The summed E-state index contributed by atoms with van der Waals surface area (Å²) in [6.45, 7) is 8.84. The van der Waals surface area contributed by atoms with Gasteiger partial charge in [-0.15, -0.1) is 0 Å². The lowest BCUT2D eigenvalue weighted by Crippen LogP contribution is -2.16. The molecule has 0 spiro atoms. The highest BCUT2D eigenvalue weighted by Crippen LogP contribution is 2.29. The number of carbonyl (C=O) groups excluding carboxylic acids is 1. The highest BCUT2D eigenvalue weighted by molar-refractivity contribution is 9.10. The number of aryl methyl sites for hydroxylation is 3. The Kier molecular flexibility index (Phi) is 7.04. The van der Waals surface area contributed by atoms with Gasteiger partial charge in [0.1, 0.15) is 0 Å². The topological polar surface area (TPSA) is 83.2 Å². The molecule has 8 nitrogen and oxygen atoms in total. The summed E-state index contributed by atoms with van der Waals surface area (Å²) in [7, 11) is 3.23. The summed E-state index contributed by atoms with van der Waals surface area (Å²) in [5.74, 6) is 1.29. The first-order valence-corrected chi connectivity index (χ1v) is 10.8. The van der Waals surface area contributed by atoms with Crippen LogP contribution in [-0.2, 0) is 17.9 Å². The molecule has 1 N–H and O–H groups in total. The zero-order valence-corrected chi connectivity index (χ0v) is 20.3. The third-order valence-electron chi connectivity index (χ3n) is 5.27. The second-order valence-electron chi connectivity index (χ2n) is 7.40. The SMILES string of the molecule is COc1ccc(Cn2nc(C)c(NC(=O)CCn3nc(C)c(Br)c3C)c2C)cc1OC. The predicted molar refractivity (Wildman–Crippen MR) is 123 cm³/mol. The minimum Gasteiger partial charge on any atom is -0.493 e. The van der Waals surface area contributed by atoms with Crippen LogP contribution in [0.1, 0.15) is 34.8 Å². The first-order chi connectivity index (χ1) is 14.7. The first kappa shape index (κ1) is 22.9. The fourth-order valence-electron chi connectivity index (χ4n) is 3.49. The van der Waals surface area contributed by atoms with Crippen molar-refractivity contribution in [2.75, 3.05) is 19.5 Å². The lowest BCUT2D eigenvalue weighted by atomic mass is 10.2. The minimum absolute atomic E-state index is 0.0689. The van der Waals surface area contributed by atoms with Gasteiger partial charge in [0.15, 0.2) is 11.5 Å². The molecule has 3 aromatic rings. The molecule has 0 aliphatic rings. The van der Waals surface area contributed by atoms with Gasteiger partial charge in [-0.3, -0.25) is 14.2 Å². The maximum absolute atomic E-state index is 12.6. The van der Waals surface area contributed by atoms with Gasteiger partial charge in [0.25, 0.3) is 0 Å². The Hall–Kier alpha value is -2.81. The molecule has 0 radical (unpaired) electrons. The summed E-state index contributed by atoms with van der Waals surface area (Å²) in [5.41, 5.74) is 5.38.